The lowest BCUT2D eigenvalue weighted by Crippen LogP contribution is -2.28. The van der Waals surface area contributed by atoms with Crippen LogP contribution >= 0.6 is 0 Å². The van der Waals surface area contributed by atoms with Crippen LogP contribution in [0.4, 0.5) is 0 Å². The van der Waals surface area contributed by atoms with E-state index in [1.807, 2.05) is 42.7 Å². The number of nitrogens with zero attached hydrogens (tertiary/aromatic N) is 5. The average Bonchev–Trinajstić information content (AvgIpc) is 3.47. The number of H-pyrrole nitrogens is 1. The van der Waals surface area contributed by atoms with Crippen LogP contribution in [0.5, 0.6) is 0 Å². The molecule has 0 amide bonds. The van der Waals surface area contributed by atoms with E-state index >= 15 is 0 Å². The maximum atomic E-state index is 9.57. The number of oxime groups is 1. The first-order valence-electron chi connectivity index (χ1n) is 11.5. The molecule has 0 aliphatic heterocycles. The van der Waals surface area contributed by atoms with Gasteiger partial charge in [0.15, 0.2) is 0 Å². The van der Waals surface area contributed by atoms with Crippen LogP contribution in [0.3, 0.4) is 0 Å². The van der Waals surface area contributed by atoms with Crippen molar-refractivity contribution < 1.29 is 5.21 Å². The molecular weight excluding hydrogens is 414 g/mol. The maximum absolute atomic E-state index is 9.57. The van der Waals surface area contributed by atoms with Crippen LogP contribution in [0.2, 0.25) is 0 Å². The van der Waals surface area contributed by atoms with Gasteiger partial charge in [-0.15, -0.1) is 0 Å². The molecule has 1 aliphatic rings. The molecule has 8 nitrogen and oxygen atoms in total. The van der Waals surface area contributed by atoms with Crippen LogP contribution in [0, 0.1) is 17.2 Å². The first-order valence-corrected chi connectivity index (χ1v) is 11.5. The zero-order valence-corrected chi connectivity index (χ0v) is 18.4. The third kappa shape index (κ3) is 4.27. The van der Waals surface area contributed by atoms with Gasteiger partial charge in [0.25, 0.3) is 0 Å². The highest BCUT2D eigenvalue weighted by Crippen LogP contribution is 2.37. The van der Waals surface area contributed by atoms with E-state index in [1.54, 1.807) is 0 Å². The van der Waals surface area contributed by atoms with Crippen LogP contribution in [0.15, 0.2) is 53.9 Å². The lowest BCUT2D eigenvalue weighted by Gasteiger charge is -2.30. The predicted molar refractivity (Wildman–Crippen MR) is 127 cm³/mol. The lowest BCUT2D eigenvalue weighted by molar-refractivity contribution is 0.277. The lowest BCUT2D eigenvalue weighted by atomic mass is 9.84. The number of aromatic nitrogens is 4. The molecule has 168 valence electrons. The summed E-state index contributed by atoms with van der Waals surface area (Å²) in [6, 6.07) is 14.6. The van der Waals surface area contributed by atoms with Crippen molar-refractivity contribution in [3.8, 4) is 6.07 Å². The SMILES string of the molecule is N#CC[C@H]1CC[C@H](n2c(CN/C(Cc3ccccc3)=N\O)nc3cnc4[nH]ccc4c32)CC1. The summed E-state index contributed by atoms with van der Waals surface area (Å²) in [5.74, 6) is 1.89. The molecule has 0 spiro atoms. The summed E-state index contributed by atoms with van der Waals surface area (Å²) in [6.07, 6.45) is 9.00. The molecule has 3 aromatic heterocycles. The largest absolute Gasteiger partial charge is 0.409 e. The number of amidine groups is 1. The van der Waals surface area contributed by atoms with Gasteiger partial charge >= 0.3 is 0 Å². The summed E-state index contributed by atoms with van der Waals surface area (Å²) in [4.78, 5) is 12.6. The Kier molecular flexibility index (Phi) is 5.94. The molecule has 1 aliphatic carbocycles. The predicted octanol–water partition coefficient (Wildman–Crippen LogP) is 4.68. The molecule has 5 rings (SSSR count). The van der Waals surface area contributed by atoms with E-state index < -0.39 is 0 Å². The molecule has 0 atom stereocenters. The van der Waals surface area contributed by atoms with Gasteiger partial charge in [-0.2, -0.15) is 5.26 Å². The van der Waals surface area contributed by atoms with E-state index in [-0.39, 0.29) is 0 Å². The Morgan fingerprint density at radius 2 is 2.03 bits per heavy atom. The first-order chi connectivity index (χ1) is 16.3. The molecule has 1 fully saturated rings. The van der Waals surface area contributed by atoms with E-state index in [2.05, 4.69) is 37.1 Å². The van der Waals surface area contributed by atoms with Crippen molar-refractivity contribution >= 4 is 27.9 Å². The molecule has 8 heteroatoms. The van der Waals surface area contributed by atoms with Gasteiger partial charge in [0.2, 0.25) is 0 Å². The fraction of sp³-hybridized carbons (Fsp3) is 0.360. The molecule has 33 heavy (non-hydrogen) atoms. The molecule has 3 heterocycles. The highest BCUT2D eigenvalue weighted by molar-refractivity contribution is 6.01. The molecule has 0 bridgehead atoms. The van der Waals surface area contributed by atoms with E-state index in [4.69, 9.17) is 10.2 Å². The fourth-order valence-electron chi connectivity index (χ4n) is 5.00. The first kappa shape index (κ1) is 21.0. The number of fused-ring (bicyclic) bond motifs is 3. The third-order valence-corrected chi connectivity index (χ3v) is 6.65. The van der Waals surface area contributed by atoms with Crippen molar-refractivity contribution in [1.29, 1.82) is 5.26 Å². The second-order valence-corrected chi connectivity index (χ2v) is 8.73. The summed E-state index contributed by atoms with van der Waals surface area (Å²) in [7, 11) is 0. The number of nitrogens with one attached hydrogen (secondary N) is 2. The summed E-state index contributed by atoms with van der Waals surface area (Å²) < 4.78 is 2.35. The number of benzene rings is 1. The van der Waals surface area contributed by atoms with E-state index in [0.717, 1.165) is 59.1 Å². The normalized spacial score (nSPS) is 19.1. The quantitative estimate of drug-likeness (QED) is 0.174. The van der Waals surface area contributed by atoms with Gasteiger partial charge in [0.05, 0.1) is 24.3 Å². The fourth-order valence-corrected chi connectivity index (χ4v) is 5.00. The molecule has 0 saturated heterocycles. The summed E-state index contributed by atoms with van der Waals surface area (Å²) in [5, 5.41) is 26.5. The van der Waals surface area contributed by atoms with Crippen LogP contribution in [-0.2, 0) is 13.0 Å². The van der Waals surface area contributed by atoms with E-state index in [9.17, 15) is 5.21 Å². The number of imidazole rings is 1. The molecule has 1 aromatic carbocycles. The van der Waals surface area contributed by atoms with Crippen LogP contribution in [0.25, 0.3) is 22.1 Å². The Bertz CT molecular complexity index is 1310. The number of nitriles is 1. The van der Waals surface area contributed by atoms with Gasteiger partial charge < -0.3 is 20.1 Å². The minimum absolute atomic E-state index is 0.311. The Morgan fingerprint density at radius 3 is 2.79 bits per heavy atom. The zero-order chi connectivity index (χ0) is 22.6. The van der Waals surface area contributed by atoms with Gasteiger partial charge in [-0.1, -0.05) is 35.5 Å². The van der Waals surface area contributed by atoms with Crippen molar-refractivity contribution in [3.05, 3.63) is 60.2 Å². The minimum atomic E-state index is 0.311. The monoisotopic (exact) mass is 441 g/mol. The number of aromatic amines is 1. The number of hydrogen-bond acceptors (Lipinski definition) is 5. The van der Waals surface area contributed by atoms with Gasteiger partial charge in [-0.25, -0.2) is 9.97 Å². The van der Waals surface area contributed by atoms with Crippen molar-refractivity contribution in [3.63, 3.8) is 0 Å². The van der Waals surface area contributed by atoms with E-state index in [1.165, 1.54) is 0 Å². The molecule has 0 unspecified atom stereocenters. The third-order valence-electron chi connectivity index (χ3n) is 6.65. The number of rotatable bonds is 6. The van der Waals surface area contributed by atoms with Crippen molar-refractivity contribution in [2.75, 3.05) is 0 Å². The Balaban J connectivity index is 1.45. The van der Waals surface area contributed by atoms with Crippen LogP contribution in [-0.4, -0.2) is 30.6 Å². The van der Waals surface area contributed by atoms with Gasteiger partial charge in [-0.3, -0.25) is 0 Å². The maximum Gasteiger partial charge on any atom is 0.146 e. The van der Waals surface area contributed by atoms with E-state index in [0.29, 0.717) is 37.2 Å². The van der Waals surface area contributed by atoms with Crippen LogP contribution in [0.1, 0.15) is 49.5 Å². The van der Waals surface area contributed by atoms with Gasteiger partial charge in [0.1, 0.15) is 22.8 Å². The Labute approximate surface area is 192 Å². The highest BCUT2D eigenvalue weighted by Gasteiger charge is 2.27. The molecular formula is C25H27N7O. The Morgan fingerprint density at radius 1 is 1.21 bits per heavy atom. The van der Waals surface area contributed by atoms with Gasteiger partial charge in [0, 0.05) is 30.5 Å². The highest BCUT2D eigenvalue weighted by atomic mass is 16.4. The van der Waals surface area contributed by atoms with Gasteiger partial charge in [-0.05, 0) is 43.2 Å². The second-order valence-electron chi connectivity index (χ2n) is 8.73. The molecule has 0 radical (unpaired) electrons. The van der Waals surface area contributed by atoms with Crippen LogP contribution < -0.4 is 5.32 Å². The van der Waals surface area contributed by atoms with Crippen molar-refractivity contribution in [2.45, 2.75) is 51.1 Å². The molecule has 1 saturated carbocycles. The Hall–Kier alpha value is -3.86. The molecule has 3 N–H and O–H groups in total. The standard InChI is InChI=1S/C25H27N7O/c26-12-10-17-6-8-19(9-7-17)32-23(16-28-22(31-33)14-18-4-2-1-3-5-18)30-21-15-29-25-20(24(21)32)11-13-27-25/h1-5,11,13,15,17,19,33H,6-10,14,16H2,(H,27,29)(H,28,31)/t17-,19-. The average molecular weight is 442 g/mol. The summed E-state index contributed by atoms with van der Waals surface area (Å²) >= 11 is 0. The second kappa shape index (κ2) is 9.33. The van der Waals surface area contributed by atoms with Crippen molar-refractivity contribution in [1.82, 2.24) is 24.8 Å². The summed E-state index contributed by atoms with van der Waals surface area (Å²) in [5.41, 5.74) is 3.87. The molecule has 4 aromatic rings. The summed E-state index contributed by atoms with van der Waals surface area (Å²) in [6.45, 7) is 0.449. The van der Waals surface area contributed by atoms with Crippen molar-refractivity contribution in [2.24, 2.45) is 11.1 Å². The number of hydrogen-bond donors (Lipinski definition) is 3. The zero-order valence-electron chi connectivity index (χ0n) is 18.4. The minimum Gasteiger partial charge on any atom is -0.409 e. The topological polar surface area (TPSA) is 115 Å². The smallest absolute Gasteiger partial charge is 0.146 e. The number of pyridine rings is 1.